The van der Waals surface area contributed by atoms with Crippen LogP contribution in [-0.2, 0) is 26.6 Å². The van der Waals surface area contributed by atoms with Crippen LogP contribution in [-0.4, -0.2) is 46.7 Å². The molecule has 0 aromatic heterocycles. The minimum absolute atomic E-state index is 0.130. The fourth-order valence-corrected chi connectivity index (χ4v) is 7.98. The maximum absolute atomic E-state index is 15.6. The van der Waals surface area contributed by atoms with Crippen molar-refractivity contribution in [2.45, 2.75) is 35.9 Å². The summed E-state index contributed by atoms with van der Waals surface area (Å²) in [6.45, 7) is 1.42. The number of nitrogens with zero attached hydrogens (tertiary/aromatic N) is 3. The first-order valence-corrected chi connectivity index (χ1v) is 15.7. The number of rotatable bonds is 4. The number of carbonyl (C=O) groups is 1. The lowest BCUT2D eigenvalue weighted by atomic mass is 9.91. The van der Waals surface area contributed by atoms with E-state index in [0.717, 1.165) is 26.8 Å². The molecule has 0 aliphatic carbocycles. The van der Waals surface area contributed by atoms with Gasteiger partial charge in [0.15, 0.2) is 17.3 Å². The molecule has 4 heterocycles. The van der Waals surface area contributed by atoms with E-state index in [9.17, 15) is 9.18 Å². The highest BCUT2D eigenvalue weighted by molar-refractivity contribution is 7.98. The fourth-order valence-electron chi connectivity index (χ4n) is 6.71. The Kier molecular flexibility index (Phi) is 6.89. The molecule has 0 spiro atoms. The van der Waals surface area contributed by atoms with Crippen molar-refractivity contribution in [3.05, 3.63) is 136 Å². The molecular formula is C35H29F2N3O3S. The minimum atomic E-state index is -0.870. The van der Waals surface area contributed by atoms with Crippen molar-refractivity contribution in [3.8, 4) is 0 Å². The summed E-state index contributed by atoms with van der Waals surface area (Å²) >= 11 is 1.52. The van der Waals surface area contributed by atoms with Crippen molar-refractivity contribution in [1.29, 1.82) is 0 Å². The van der Waals surface area contributed by atoms with Crippen LogP contribution in [0, 0.1) is 11.6 Å². The molecular weight excluding hydrogens is 580 g/mol. The Morgan fingerprint density at radius 3 is 2.66 bits per heavy atom. The number of benzene rings is 4. The van der Waals surface area contributed by atoms with Crippen molar-refractivity contribution in [3.63, 3.8) is 0 Å². The van der Waals surface area contributed by atoms with Crippen LogP contribution in [0.2, 0.25) is 0 Å². The maximum atomic E-state index is 15.6. The Morgan fingerprint density at radius 1 is 0.955 bits per heavy atom. The van der Waals surface area contributed by atoms with Gasteiger partial charge in [-0.05, 0) is 33.5 Å². The van der Waals surface area contributed by atoms with Gasteiger partial charge in [-0.2, -0.15) is 5.01 Å². The zero-order chi connectivity index (χ0) is 29.8. The molecule has 1 amide bonds. The highest BCUT2D eigenvalue weighted by Crippen LogP contribution is 2.49. The van der Waals surface area contributed by atoms with Gasteiger partial charge in [-0.15, -0.1) is 11.8 Å². The van der Waals surface area contributed by atoms with Crippen LogP contribution >= 0.6 is 11.8 Å². The number of allylic oxidation sites excluding steroid dienone is 1. The predicted octanol–water partition coefficient (Wildman–Crippen LogP) is 6.88. The molecule has 4 aliphatic heterocycles. The van der Waals surface area contributed by atoms with Gasteiger partial charge in [-0.3, -0.25) is 9.80 Å². The Hall–Kier alpha value is -4.18. The van der Waals surface area contributed by atoms with E-state index >= 15 is 4.39 Å². The van der Waals surface area contributed by atoms with Crippen LogP contribution in [0.5, 0.6) is 0 Å². The van der Waals surface area contributed by atoms with E-state index in [-0.39, 0.29) is 18.3 Å². The Bertz CT molecular complexity index is 1850. The largest absolute Gasteiger partial charge is 0.490 e. The Balaban J connectivity index is 1.33. The lowest BCUT2D eigenvalue weighted by Gasteiger charge is -2.55. The average molecular weight is 610 g/mol. The molecule has 6 nitrogen and oxygen atoms in total. The third kappa shape index (κ3) is 4.41. The van der Waals surface area contributed by atoms with E-state index in [4.69, 9.17) is 9.47 Å². The second-order valence-corrected chi connectivity index (χ2v) is 12.2. The number of hydrogen-bond acceptors (Lipinski definition) is 6. The highest BCUT2D eigenvalue weighted by Gasteiger charge is 2.50. The molecule has 0 bridgehead atoms. The number of fused-ring (bicyclic) bond motifs is 6. The van der Waals surface area contributed by atoms with Gasteiger partial charge in [0.05, 0.1) is 19.3 Å². The van der Waals surface area contributed by atoms with E-state index in [1.54, 1.807) is 6.07 Å². The first-order valence-electron chi connectivity index (χ1n) is 14.7. The van der Waals surface area contributed by atoms with E-state index in [0.29, 0.717) is 48.8 Å². The first kappa shape index (κ1) is 27.4. The normalized spacial score (nSPS) is 21.5. The highest BCUT2D eigenvalue weighted by atomic mass is 32.2. The molecule has 44 heavy (non-hydrogen) atoms. The van der Waals surface area contributed by atoms with Crippen molar-refractivity contribution >= 4 is 28.4 Å². The van der Waals surface area contributed by atoms with Crippen LogP contribution in [0.4, 0.5) is 8.78 Å². The van der Waals surface area contributed by atoms with E-state index in [1.165, 1.54) is 17.8 Å². The average Bonchev–Trinajstić information content (AvgIpc) is 3.23. The van der Waals surface area contributed by atoms with Crippen LogP contribution in [0.3, 0.4) is 0 Å². The van der Waals surface area contributed by atoms with Crippen LogP contribution in [0.15, 0.2) is 107 Å². The second-order valence-electron chi connectivity index (χ2n) is 11.2. The zero-order valence-electron chi connectivity index (χ0n) is 23.8. The SMILES string of the molecule is O=C1C2=C(OCc3ccccc3)CC=CN2N([C@@H]2c3ccc(F)c(F)c3CSc3c2ccc2ccccc32)[C@H]2COCCN12. The van der Waals surface area contributed by atoms with Crippen LogP contribution in [0.1, 0.15) is 34.7 Å². The fraction of sp³-hybridized carbons (Fsp3) is 0.229. The van der Waals surface area contributed by atoms with E-state index in [2.05, 4.69) is 29.3 Å². The molecule has 0 N–H and O–H groups in total. The summed E-state index contributed by atoms with van der Waals surface area (Å²) < 4.78 is 42.7. The summed E-state index contributed by atoms with van der Waals surface area (Å²) in [5.41, 5.74) is 3.38. The lowest BCUT2D eigenvalue weighted by Crippen LogP contribution is -2.67. The van der Waals surface area contributed by atoms with Gasteiger partial charge in [0.1, 0.15) is 18.5 Å². The molecule has 4 aromatic carbocycles. The third-order valence-corrected chi connectivity index (χ3v) is 9.95. The molecule has 9 heteroatoms. The van der Waals surface area contributed by atoms with Crippen LogP contribution in [0.25, 0.3) is 10.8 Å². The summed E-state index contributed by atoms with van der Waals surface area (Å²) in [5.74, 6) is -0.986. The number of ether oxygens (including phenoxy) is 2. The van der Waals surface area contributed by atoms with Gasteiger partial charge < -0.3 is 14.4 Å². The van der Waals surface area contributed by atoms with Gasteiger partial charge in [0.25, 0.3) is 5.91 Å². The number of morpholine rings is 1. The van der Waals surface area contributed by atoms with Gasteiger partial charge in [-0.1, -0.05) is 78.9 Å². The first-order chi connectivity index (χ1) is 21.6. The smallest absolute Gasteiger partial charge is 0.276 e. The molecule has 222 valence electrons. The van der Waals surface area contributed by atoms with Gasteiger partial charge in [-0.25, -0.2) is 8.78 Å². The minimum Gasteiger partial charge on any atom is -0.490 e. The van der Waals surface area contributed by atoms with E-state index < -0.39 is 23.8 Å². The van der Waals surface area contributed by atoms with Gasteiger partial charge in [0, 0.05) is 35.4 Å². The number of thioether (sulfide) groups is 1. The molecule has 0 unspecified atom stereocenters. The maximum Gasteiger partial charge on any atom is 0.276 e. The molecule has 8 rings (SSSR count). The van der Waals surface area contributed by atoms with Crippen LogP contribution < -0.4 is 0 Å². The Morgan fingerprint density at radius 2 is 1.77 bits per heavy atom. The number of amides is 1. The van der Waals surface area contributed by atoms with Crippen molar-refractivity contribution < 1.29 is 23.0 Å². The summed E-state index contributed by atoms with van der Waals surface area (Å²) in [5, 5.41) is 6.09. The lowest BCUT2D eigenvalue weighted by molar-refractivity contribution is -0.190. The molecule has 4 aliphatic rings. The molecule has 4 aromatic rings. The summed E-state index contributed by atoms with van der Waals surface area (Å²) in [6.07, 6.45) is 3.85. The molecule has 0 radical (unpaired) electrons. The predicted molar refractivity (Wildman–Crippen MR) is 164 cm³/mol. The summed E-state index contributed by atoms with van der Waals surface area (Å²) in [6, 6.07) is 24.5. The van der Waals surface area contributed by atoms with Gasteiger partial charge >= 0.3 is 0 Å². The summed E-state index contributed by atoms with van der Waals surface area (Å²) in [7, 11) is 0. The van der Waals surface area contributed by atoms with Crippen molar-refractivity contribution in [2.75, 3.05) is 19.8 Å². The monoisotopic (exact) mass is 609 g/mol. The topological polar surface area (TPSA) is 45.3 Å². The number of carbonyl (C=O) groups excluding carboxylic acids is 1. The molecule has 2 atom stereocenters. The third-order valence-electron chi connectivity index (χ3n) is 8.78. The number of hydrogen-bond donors (Lipinski definition) is 0. The van der Waals surface area contributed by atoms with Crippen molar-refractivity contribution in [1.82, 2.24) is 14.9 Å². The standard InChI is InChI=1S/C35H29F2N3O3S/c36-28-15-14-25-27(31(28)37)21-44-34-24-10-5-4-9-23(24)12-13-26(34)32(25)40-30-20-42-18-17-38(30)35(41)33-29(11-6-16-39(33)40)43-19-22-7-2-1-3-8-22/h1-10,12-16,30,32H,11,17-21H2/t30-,32+/m0/s1. The van der Waals surface area contributed by atoms with Crippen molar-refractivity contribution in [2.24, 2.45) is 0 Å². The number of hydrazine groups is 1. The van der Waals surface area contributed by atoms with E-state index in [1.807, 2.05) is 64.6 Å². The summed E-state index contributed by atoms with van der Waals surface area (Å²) in [4.78, 5) is 17.0. The molecule has 2 fully saturated rings. The number of halogens is 2. The zero-order valence-corrected chi connectivity index (χ0v) is 24.6. The molecule has 2 saturated heterocycles. The quantitative estimate of drug-likeness (QED) is 0.252. The van der Waals surface area contributed by atoms with Gasteiger partial charge in [0.2, 0.25) is 0 Å². The Labute approximate surface area is 258 Å². The molecule has 0 saturated carbocycles. The second kappa shape index (κ2) is 11.1.